The Hall–Kier alpha value is -4.01. The topological polar surface area (TPSA) is 119 Å². The van der Waals surface area contributed by atoms with Gasteiger partial charge in [-0.15, -0.1) is 0 Å². The van der Waals surface area contributed by atoms with Crippen LogP contribution in [-0.4, -0.2) is 54.3 Å². The number of imide groups is 1. The molecular formula is C21H18N2O7. The zero-order valence-corrected chi connectivity index (χ0v) is 16.2. The molecule has 9 heteroatoms. The largest absolute Gasteiger partial charge is 0.465 e. The number of carbonyl (C=O) groups excluding carboxylic acids is 5. The van der Waals surface area contributed by atoms with Gasteiger partial charge in [0.2, 0.25) is 0 Å². The number of nitrogens with zero attached hydrogens (tertiary/aromatic N) is 1. The average Bonchev–Trinajstić information content (AvgIpc) is 3.02. The highest BCUT2D eigenvalue weighted by Gasteiger charge is 2.41. The van der Waals surface area contributed by atoms with Gasteiger partial charge < -0.3 is 14.8 Å². The van der Waals surface area contributed by atoms with Crippen LogP contribution in [0, 0.1) is 0 Å². The van der Waals surface area contributed by atoms with E-state index in [1.807, 2.05) is 0 Å². The SMILES string of the molecule is COC(=O)c1ccc(NC(=O)COC(=O)[C@H](C)N2C(=O)c3ccccc3C2=O)cc1. The second kappa shape index (κ2) is 8.56. The summed E-state index contributed by atoms with van der Waals surface area (Å²) in [5, 5.41) is 2.51. The molecule has 9 nitrogen and oxygen atoms in total. The average molecular weight is 410 g/mol. The molecule has 154 valence electrons. The second-order valence-electron chi connectivity index (χ2n) is 6.43. The van der Waals surface area contributed by atoms with Crippen LogP contribution in [0.1, 0.15) is 38.0 Å². The molecular weight excluding hydrogens is 392 g/mol. The van der Waals surface area contributed by atoms with Gasteiger partial charge >= 0.3 is 11.9 Å². The third-order valence-corrected chi connectivity index (χ3v) is 4.49. The van der Waals surface area contributed by atoms with Crippen LogP contribution in [0.15, 0.2) is 48.5 Å². The fraction of sp³-hybridized carbons (Fsp3) is 0.190. The molecule has 1 aliphatic rings. The molecule has 1 atom stereocenters. The van der Waals surface area contributed by atoms with E-state index in [1.54, 1.807) is 12.1 Å². The quantitative estimate of drug-likeness (QED) is 0.568. The first kappa shape index (κ1) is 20.7. The van der Waals surface area contributed by atoms with E-state index in [9.17, 15) is 24.0 Å². The van der Waals surface area contributed by atoms with E-state index in [2.05, 4.69) is 10.1 Å². The van der Waals surface area contributed by atoms with E-state index in [-0.39, 0.29) is 11.1 Å². The molecule has 0 radical (unpaired) electrons. The van der Waals surface area contributed by atoms with Gasteiger partial charge in [-0.2, -0.15) is 0 Å². The van der Waals surface area contributed by atoms with Gasteiger partial charge in [0.15, 0.2) is 6.61 Å². The first-order valence-corrected chi connectivity index (χ1v) is 8.95. The first-order chi connectivity index (χ1) is 14.3. The summed E-state index contributed by atoms with van der Waals surface area (Å²) in [6.07, 6.45) is 0. The van der Waals surface area contributed by atoms with Crippen LogP contribution in [-0.2, 0) is 19.1 Å². The number of ether oxygens (including phenoxy) is 2. The van der Waals surface area contributed by atoms with E-state index in [0.717, 1.165) is 4.90 Å². The van der Waals surface area contributed by atoms with Gasteiger partial charge in [0.1, 0.15) is 6.04 Å². The van der Waals surface area contributed by atoms with Gasteiger partial charge in [-0.1, -0.05) is 12.1 Å². The maximum atomic E-state index is 12.4. The summed E-state index contributed by atoms with van der Waals surface area (Å²) in [5.41, 5.74) is 1.14. The van der Waals surface area contributed by atoms with Crippen LogP contribution in [0.3, 0.4) is 0 Å². The number of anilines is 1. The van der Waals surface area contributed by atoms with Gasteiger partial charge in [0, 0.05) is 5.69 Å². The molecule has 3 amide bonds. The minimum absolute atomic E-state index is 0.218. The van der Waals surface area contributed by atoms with E-state index in [0.29, 0.717) is 11.3 Å². The summed E-state index contributed by atoms with van der Waals surface area (Å²) < 4.78 is 9.54. The molecule has 0 unspecified atom stereocenters. The van der Waals surface area contributed by atoms with Crippen molar-refractivity contribution >= 4 is 35.3 Å². The first-order valence-electron chi connectivity index (χ1n) is 8.95. The molecule has 0 saturated heterocycles. The van der Waals surface area contributed by atoms with Crippen molar-refractivity contribution in [2.45, 2.75) is 13.0 Å². The van der Waals surface area contributed by atoms with E-state index in [4.69, 9.17) is 4.74 Å². The Morgan fingerprint density at radius 2 is 1.53 bits per heavy atom. The Labute approximate surface area is 171 Å². The second-order valence-corrected chi connectivity index (χ2v) is 6.43. The summed E-state index contributed by atoms with van der Waals surface area (Å²) in [4.78, 5) is 61.3. The molecule has 3 rings (SSSR count). The molecule has 0 aromatic heterocycles. The molecule has 1 N–H and O–H groups in total. The molecule has 0 aliphatic carbocycles. The van der Waals surface area contributed by atoms with E-state index in [1.165, 1.54) is 50.4 Å². The zero-order chi connectivity index (χ0) is 21.8. The number of esters is 2. The molecule has 1 heterocycles. The Kier molecular flexibility index (Phi) is 5.91. The number of hydrogen-bond acceptors (Lipinski definition) is 7. The van der Waals surface area contributed by atoms with Crippen LogP contribution >= 0.6 is 0 Å². The maximum Gasteiger partial charge on any atom is 0.337 e. The molecule has 2 aromatic carbocycles. The highest BCUT2D eigenvalue weighted by Crippen LogP contribution is 2.24. The Morgan fingerprint density at radius 1 is 0.967 bits per heavy atom. The van der Waals surface area contributed by atoms with Gasteiger partial charge in [0.25, 0.3) is 17.7 Å². The summed E-state index contributed by atoms with van der Waals surface area (Å²) in [7, 11) is 1.26. The molecule has 0 bridgehead atoms. The predicted molar refractivity (Wildman–Crippen MR) is 104 cm³/mol. The lowest BCUT2D eigenvalue weighted by Crippen LogP contribution is -2.44. The van der Waals surface area contributed by atoms with Crippen molar-refractivity contribution in [3.63, 3.8) is 0 Å². The standard InChI is InChI=1S/C21H18N2O7/c1-12(23-18(25)15-5-3-4-6-16(15)19(23)26)20(27)30-11-17(24)22-14-9-7-13(8-10-14)21(28)29-2/h3-10,12H,11H2,1-2H3,(H,22,24)/t12-/m0/s1. The number of fused-ring (bicyclic) bond motifs is 1. The summed E-state index contributed by atoms with van der Waals surface area (Å²) in [6, 6.07) is 11.0. The third kappa shape index (κ3) is 4.04. The number of nitrogens with one attached hydrogen (secondary N) is 1. The number of carbonyl (C=O) groups is 5. The number of methoxy groups -OCH3 is 1. The predicted octanol–water partition coefficient (Wildman–Crippen LogP) is 1.64. The Bertz CT molecular complexity index is 995. The lowest BCUT2D eigenvalue weighted by atomic mass is 10.1. The van der Waals surface area contributed by atoms with Crippen molar-refractivity contribution in [2.75, 3.05) is 19.0 Å². The van der Waals surface area contributed by atoms with Crippen molar-refractivity contribution < 1.29 is 33.4 Å². The minimum atomic E-state index is -1.19. The summed E-state index contributed by atoms with van der Waals surface area (Å²) >= 11 is 0. The van der Waals surface area contributed by atoms with Crippen LogP contribution in [0.25, 0.3) is 0 Å². The van der Waals surface area contributed by atoms with Gasteiger partial charge in [0.05, 0.1) is 23.8 Å². The molecule has 1 aliphatic heterocycles. The van der Waals surface area contributed by atoms with Crippen LogP contribution in [0.5, 0.6) is 0 Å². The van der Waals surface area contributed by atoms with Crippen molar-refractivity contribution in [3.8, 4) is 0 Å². The third-order valence-electron chi connectivity index (χ3n) is 4.49. The molecule has 30 heavy (non-hydrogen) atoms. The van der Waals surface area contributed by atoms with Crippen LogP contribution in [0.4, 0.5) is 5.69 Å². The van der Waals surface area contributed by atoms with Gasteiger partial charge in [-0.05, 0) is 43.3 Å². The van der Waals surface area contributed by atoms with Crippen molar-refractivity contribution in [1.82, 2.24) is 4.90 Å². The number of benzene rings is 2. The number of rotatable bonds is 6. The van der Waals surface area contributed by atoms with E-state index >= 15 is 0 Å². The number of hydrogen-bond donors (Lipinski definition) is 1. The van der Waals surface area contributed by atoms with Crippen LogP contribution in [0.2, 0.25) is 0 Å². The normalized spacial score (nSPS) is 13.5. The van der Waals surface area contributed by atoms with Crippen molar-refractivity contribution in [2.24, 2.45) is 0 Å². The molecule has 0 fully saturated rings. The fourth-order valence-electron chi connectivity index (χ4n) is 2.93. The lowest BCUT2D eigenvalue weighted by Gasteiger charge is -2.20. The maximum absolute atomic E-state index is 12.4. The Morgan fingerprint density at radius 3 is 2.07 bits per heavy atom. The highest BCUT2D eigenvalue weighted by molar-refractivity contribution is 6.22. The highest BCUT2D eigenvalue weighted by atomic mass is 16.5. The zero-order valence-electron chi connectivity index (χ0n) is 16.2. The molecule has 0 spiro atoms. The van der Waals surface area contributed by atoms with Crippen molar-refractivity contribution in [3.05, 3.63) is 65.2 Å². The summed E-state index contributed by atoms with van der Waals surface area (Å²) in [5.74, 6) is -3.20. The smallest absolute Gasteiger partial charge is 0.337 e. The molecule has 0 saturated carbocycles. The fourth-order valence-corrected chi connectivity index (χ4v) is 2.93. The minimum Gasteiger partial charge on any atom is -0.465 e. The van der Waals surface area contributed by atoms with Crippen molar-refractivity contribution in [1.29, 1.82) is 0 Å². The van der Waals surface area contributed by atoms with Gasteiger partial charge in [-0.3, -0.25) is 19.3 Å². The Balaban J connectivity index is 1.55. The van der Waals surface area contributed by atoms with Gasteiger partial charge in [-0.25, -0.2) is 9.59 Å². The number of amides is 3. The van der Waals surface area contributed by atoms with E-state index < -0.39 is 42.3 Å². The van der Waals surface area contributed by atoms with Crippen LogP contribution < -0.4 is 5.32 Å². The molecule has 2 aromatic rings. The lowest BCUT2D eigenvalue weighted by molar-refractivity contribution is -0.150. The summed E-state index contributed by atoms with van der Waals surface area (Å²) in [6.45, 7) is 0.749. The monoisotopic (exact) mass is 410 g/mol.